The average molecular weight is 523 g/mol. The maximum Gasteiger partial charge on any atom is 0.433 e. The molecule has 1 saturated heterocycles. The fraction of sp³-hybridized carbons (Fsp3) is 0.480. The second-order valence-electron chi connectivity index (χ2n) is 9.08. The van der Waals surface area contributed by atoms with Crippen molar-refractivity contribution in [3.05, 3.63) is 47.2 Å². The molecule has 1 fully saturated rings. The third-order valence-electron chi connectivity index (χ3n) is 6.12. The molecule has 3 heterocycles. The molecule has 0 aliphatic carbocycles. The van der Waals surface area contributed by atoms with E-state index in [9.17, 15) is 18.0 Å². The Morgan fingerprint density at radius 1 is 1.22 bits per heavy atom. The largest absolute Gasteiger partial charge is 0.482 e. The number of aryl methyl sites for hydroxylation is 1. The number of carbonyl (C=O) groups is 1. The van der Waals surface area contributed by atoms with Gasteiger partial charge in [0.25, 0.3) is 0 Å². The van der Waals surface area contributed by atoms with E-state index in [0.717, 1.165) is 49.5 Å². The predicted molar refractivity (Wildman–Crippen MR) is 133 cm³/mol. The summed E-state index contributed by atoms with van der Waals surface area (Å²) >= 11 is 1.21. The Kier molecular flexibility index (Phi) is 7.99. The van der Waals surface area contributed by atoms with Gasteiger partial charge in [0.05, 0.1) is 0 Å². The summed E-state index contributed by atoms with van der Waals surface area (Å²) in [7, 11) is 0. The zero-order valence-electron chi connectivity index (χ0n) is 20.2. The highest BCUT2D eigenvalue weighted by molar-refractivity contribution is 7.21. The number of carboxylic acid groups (broad SMARTS) is 1. The van der Waals surface area contributed by atoms with Crippen molar-refractivity contribution in [3.8, 4) is 5.75 Å². The molecule has 1 atom stereocenters. The second-order valence-corrected chi connectivity index (χ2v) is 10.0. The molecule has 36 heavy (non-hydrogen) atoms. The van der Waals surface area contributed by atoms with E-state index in [0.29, 0.717) is 34.3 Å². The minimum atomic E-state index is -4.48. The fourth-order valence-electron chi connectivity index (χ4n) is 4.49. The molecule has 0 unspecified atom stereocenters. The molecule has 2 aromatic heterocycles. The quantitative estimate of drug-likeness (QED) is 0.405. The number of halogens is 3. The standard InChI is InChI=1S/C25H29F3N4O3S/c1-3-4-5-18-14-31(13-17-10-16(2)11-19(12-17)35-15-22(33)34)8-9-32(18)24-29-20-6-7-21(25(26,27)28)30-23(20)36-24/h6-7,10-12,18H,3-5,8-9,13-15H2,1-2H3,(H,33,34)/t18-/m1/s1. The second kappa shape index (κ2) is 11.0. The number of piperazine rings is 1. The number of pyridine rings is 1. The first kappa shape index (κ1) is 26.2. The Labute approximate surface area is 211 Å². The van der Waals surface area contributed by atoms with Crippen molar-refractivity contribution in [2.45, 2.75) is 51.9 Å². The summed E-state index contributed by atoms with van der Waals surface area (Å²) in [6.45, 7) is 6.64. The van der Waals surface area contributed by atoms with Gasteiger partial charge in [0.1, 0.15) is 21.8 Å². The Morgan fingerprint density at radius 2 is 2.03 bits per heavy atom. The van der Waals surface area contributed by atoms with Crippen molar-refractivity contribution in [1.29, 1.82) is 0 Å². The molecule has 0 spiro atoms. The van der Waals surface area contributed by atoms with E-state index in [1.54, 1.807) is 0 Å². The number of carboxylic acids is 1. The molecule has 1 N–H and O–H groups in total. The number of aromatic nitrogens is 2. The van der Waals surface area contributed by atoms with Crippen LogP contribution in [-0.4, -0.2) is 58.2 Å². The number of thiazole rings is 1. The molecular weight excluding hydrogens is 493 g/mol. The van der Waals surface area contributed by atoms with Gasteiger partial charge in [-0.25, -0.2) is 14.8 Å². The van der Waals surface area contributed by atoms with Crippen LogP contribution in [0.15, 0.2) is 30.3 Å². The van der Waals surface area contributed by atoms with Crippen molar-refractivity contribution >= 4 is 32.8 Å². The highest BCUT2D eigenvalue weighted by Crippen LogP contribution is 2.35. The highest BCUT2D eigenvalue weighted by atomic mass is 32.1. The van der Waals surface area contributed by atoms with Crippen molar-refractivity contribution in [3.63, 3.8) is 0 Å². The smallest absolute Gasteiger partial charge is 0.433 e. The number of rotatable bonds is 9. The number of nitrogens with zero attached hydrogens (tertiary/aromatic N) is 4. The molecule has 1 aliphatic heterocycles. The molecule has 0 amide bonds. The van der Waals surface area contributed by atoms with Crippen LogP contribution in [0.5, 0.6) is 5.75 Å². The summed E-state index contributed by atoms with van der Waals surface area (Å²) < 4.78 is 44.7. The van der Waals surface area contributed by atoms with Crippen LogP contribution in [-0.2, 0) is 17.5 Å². The van der Waals surface area contributed by atoms with Crippen LogP contribution in [0.3, 0.4) is 0 Å². The first-order chi connectivity index (χ1) is 17.1. The van der Waals surface area contributed by atoms with Crippen LogP contribution >= 0.6 is 11.3 Å². The van der Waals surface area contributed by atoms with Crippen LogP contribution < -0.4 is 9.64 Å². The Balaban J connectivity index is 1.50. The number of unbranched alkanes of at least 4 members (excludes halogenated alkanes) is 1. The van der Waals surface area contributed by atoms with E-state index < -0.39 is 17.8 Å². The Hall–Kier alpha value is -2.92. The molecule has 4 rings (SSSR count). The van der Waals surface area contributed by atoms with Gasteiger partial charge in [0.2, 0.25) is 0 Å². The summed E-state index contributed by atoms with van der Waals surface area (Å²) in [6, 6.07) is 8.31. The molecule has 3 aromatic rings. The molecule has 7 nitrogen and oxygen atoms in total. The highest BCUT2D eigenvalue weighted by Gasteiger charge is 2.33. The lowest BCUT2D eigenvalue weighted by molar-refractivity contribution is -0.141. The molecule has 0 radical (unpaired) electrons. The van der Waals surface area contributed by atoms with Crippen LogP contribution in [0.4, 0.5) is 18.3 Å². The summed E-state index contributed by atoms with van der Waals surface area (Å²) in [4.78, 5) is 24.1. The topological polar surface area (TPSA) is 78.8 Å². The van der Waals surface area contributed by atoms with Gasteiger partial charge in [-0.1, -0.05) is 37.2 Å². The maximum absolute atomic E-state index is 13.1. The normalized spacial score (nSPS) is 17.0. The number of ether oxygens (including phenoxy) is 1. The molecular formula is C25H29F3N4O3S. The van der Waals surface area contributed by atoms with E-state index in [4.69, 9.17) is 9.84 Å². The van der Waals surface area contributed by atoms with E-state index >= 15 is 0 Å². The number of anilines is 1. The fourth-order valence-corrected chi connectivity index (χ4v) is 5.53. The third kappa shape index (κ3) is 6.44. The van der Waals surface area contributed by atoms with E-state index in [1.165, 1.54) is 17.4 Å². The van der Waals surface area contributed by atoms with Gasteiger partial charge in [0, 0.05) is 32.2 Å². The lowest BCUT2D eigenvalue weighted by atomic mass is 10.0. The van der Waals surface area contributed by atoms with Crippen molar-refractivity contribution < 1.29 is 27.8 Å². The minimum Gasteiger partial charge on any atom is -0.482 e. The lowest BCUT2D eigenvalue weighted by Crippen LogP contribution is -2.53. The first-order valence-corrected chi connectivity index (χ1v) is 12.7. The van der Waals surface area contributed by atoms with Gasteiger partial charge < -0.3 is 14.7 Å². The first-order valence-electron chi connectivity index (χ1n) is 11.9. The number of aliphatic carboxylic acids is 1. The number of hydrogen-bond acceptors (Lipinski definition) is 7. The maximum atomic E-state index is 13.1. The molecule has 1 aliphatic rings. The summed E-state index contributed by atoms with van der Waals surface area (Å²) in [6.07, 6.45) is -1.45. The minimum absolute atomic E-state index is 0.175. The SMILES string of the molecule is CCCC[C@@H]1CN(Cc2cc(C)cc(OCC(=O)O)c2)CCN1c1nc2ccc(C(F)(F)F)nc2s1. The van der Waals surface area contributed by atoms with Gasteiger partial charge in [-0.15, -0.1) is 0 Å². The van der Waals surface area contributed by atoms with Gasteiger partial charge in [0.15, 0.2) is 11.7 Å². The monoisotopic (exact) mass is 522 g/mol. The molecule has 1 aromatic carbocycles. The number of alkyl halides is 3. The summed E-state index contributed by atoms with van der Waals surface area (Å²) in [5.74, 6) is -0.485. The number of hydrogen-bond donors (Lipinski definition) is 1. The van der Waals surface area contributed by atoms with Gasteiger partial charge in [-0.05, 0) is 48.7 Å². The Morgan fingerprint density at radius 3 is 2.75 bits per heavy atom. The average Bonchev–Trinajstić information content (AvgIpc) is 3.24. The summed E-state index contributed by atoms with van der Waals surface area (Å²) in [5.41, 5.74) is 1.62. The lowest BCUT2D eigenvalue weighted by Gasteiger charge is -2.41. The van der Waals surface area contributed by atoms with Crippen LogP contribution in [0.25, 0.3) is 10.3 Å². The zero-order chi connectivity index (χ0) is 25.9. The number of benzene rings is 1. The predicted octanol–water partition coefficient (Wildman–Crippen LogP) is 5.36. The van der Waals surface area contributed by atoms with E-state index in [1.807, 2.05) is 19.1 Å². The van der Waals surface area contributed by atoms with Crippen molar-refractivity contribution in [1.82, 2.24) is 14.9 Å². The van der Waals surface area contributed by atoms with Gasteiger partial charge >= 0.3 is 12.1 Å². The number of fused-ring (bicyclic) bond motifs is 1. The van der Waals surface area contributed by atoms with Crippen LogP contribution in [0.2, 0.25) is 0 Å². The van der Waals surface area contributed by atoms with Crippen LogP contribution in [0, 0.1) is 6.92 Å². The van der Waals surface area contributed by atoms with Gasteiger partial charge in [-0.2, -0.15) is 13.2 Å². The zero-order valence-corrected chi connectivity index (χ0v) is 21.0. The van der Waals surface area contributed by atoms with E-state index in [2.05, 4.69) is 32.8 Å². The van der Waals surface area contributed by atoms with E-state index in [-0.39, 0.29) is 12.6 Å². The third-order valence-corrected chi connectivity index (χ3v) is 7.12. The molecule has 11 heteroatoms. The summed E-state index contributed by atoms with van der Waals surface area (Å²) in [5, 5.41) is 9.60. The molecule has 0 bridgehead atoms. The van der Waals surface area contributed by atoms with Gasteiger partial charge in [-0.3, -0.25) is 4.90 Å². The Bertz CT molecular complexity index is 1220. The van der Waals surface area contributed by atoms with Crippen molar-refractivity contribution in [2.24, 2.45) is 0 Å². The van der Waals surface area contributed by atoms with Crippen molar-refractivity contribution in [2.75, 3.05) is 31.1 Å². The van der Waals surface area contributed by atoms with Crippen LogP contribution in [0.1, 0.15) is 43.0 Å². The molecule has 0 saturated carbocycles. The molecule has 194 valence electrons.